The van der Waals surface area contributed by atoms with Crippen LogP contribution >= 0.6 is 22.9 Å². The van der Waals surface area contributed by atoms with Gasteiger partial charge in [0, 0.05) is 60.8 Å². The summed E-state index contributed by atoms with van der Waals surface area (Å²) in [6.07, 6.45) is 2.86. The fourth-order valence-electron chi connectivity index (χ4n) is 4.64. The highest BCUT2D eigenvalue weighted by Gasteiger charge is 2.27. The molecule has 0 saturated carbocycles. The van der Waals surface area contributed by atoms with Gasteiger partial charge in [-0.05, 0) is 49.2 Å². The Bertz CT molecular complexity index is 1300. The van der Waals surface area contributed by atoms with Gasteiger partial charge in [0.15, 0.2) is 0 Å². The molecule has 5 rings (SSSR count). The Morgan fingerprint density at radius 2 is 1.56 bits per heavy atom. The van der Waals surface area contributed by atoms with Gasteiger partial charge in [-0.1, -0.05) is 30.2 Å². The van der Waals surface area contributed by atoms with Gasteiger partial charge in [-0.25, -0.2) is 13.4 Å². The highest BCUT2D eigenvalue weighted by molar-refractivity contribution is 7.89. The maximum Gasteiger partial charge on any atom is 0.253 e. The van der Waals surface area contributed by atoms with Crippen LogP contribution in [-0.4, -0.2) is 72.7 Å². The van der Waals surface area contributed by atoms with Gasteiger partial charge in [0.05, 0.1) is 17.1 Å². The summed E-state index contributed by atoms with van der Waals surface area (Å²) in [5.41, 5.74) is 2.52. The smallest absolute Gasteiger partial charge is 0.253 e. The van der Waals surface area contributed by atoms with Gasteiger partial charge in [0.2, 0.25) is 10.0 Å². The van der Waals surface area contributed by atoms with E-state index in [2.05, 4.69) is 10.3 Å². The molecule has 2 aliphatic heterocycles. The summed E-state index contributed by atoms with van der Waals surface area (Å²) in [5, 5.41) is 3.82. The van der Waals surface area contributed by atoms with Crippen LogP contribution in [0, 0.1) is 0 Å². The lowest BCUT2D eigenvalue weighted by Gasteiger charge is -2.34. The lowest BCUT2D eigenvalue weighted by Crippen LogP contribution is -2.48. The van der Waals surface area contributed by atoms with Crippen LogP contribution in [-0.2, 0) is 16.6 Å². The van der Waals surface area contributed by atoms with Crippen LogP contribution in [0.4, 0.5) is 0 Å². The number of piperidine rings is 1. The van der Waals surface area contributed by atoms with E-state index in [1.165, 1.54) is 0 Å². The SMILES string of the molecule is O=C(c1ccc(S(=O)(=O)N2CCCCC2)cc1)N1CCN(Cc2nc(-c3ccc(Cl)cc3)cs2)CC1. The van der Waals surface area contributed by atoms with Crippen molar-refractivity contribution in [3.63, 3.8) is 0 Å². The fourth-order valence-corrected chi connectivity index (χ4v) is 7.13. The Balaban J connectivity index is 1.15. The number of aromatic nitrogens is 1. The highest BCUT2D eigenvalue weighted by atomic mass is 35.5. The van der Waals surface area contributed by atoms with Crippen molar-refractivity contribution in [1.29, 1.82) is 0 Å². The van der Waals surface area contributed by atoms with Crippen LogP contribution in [0.5, 0.6) is 0 Å². The predicted molar refractivity (Wildman–Crippen MR) is 143 cm³/mol. The standard InChI is InChI=1S/C26H29ClN4O3S2/c27-22-8-4-20(5-9-22)24-19-35-25(28-24)18-29-14-16-30(17-15-29)26(32)21-6-10-23(11-7-21)36(33,34)31-12-2-1-3-13-31/h4-11,19H,1-3,12-18H2. The Kier molecular flexibility index (Phi) is 7.73. The minimum Gasteiger partial charge on any atom is -0.336 e. The summed E-state index contributed by atoms with van der Waals surface area (Å²) >= 11 is 7.62. The third-order valence-electron chi connectivity index (χ3n) is 6.76. The van der Waals surface area contributed by atoms with Crippen LogP contribution in [0.25, 0.3) is 11.3 Å². The molecule has 0 radical (unpaired) electrons. The third kappa shape index (κ3) is 5.65. The Labute approximate surface area is 221 Å². The largest absolute Gasteiger partial charge is 0.336 e. The zero-order valence-corrected chi connectivity index (χ0v) is 22.4. The summed E-state index contributed by atoms with van der Waals surface area (Å²) < 4.78 is 27.3. The van der Waals surface area contributed by atoms with Crippen molar-refractivity contribution in [2.24, 2.45) is 0 Å². The Hall–Kier alpha value is -2.30. The summed E-state index contributed by atoms with van der Waals surface area (Å²) in [7, 11) is -3.49. The number of rotatable bonds is 6. The molecule has 0 N–H and O–H groups in total. The fraction of sp³-hybridized carbons (Fsp3) is 0.385. The van der Waals surface area contributed by atoms with Gasteiger partial charge < -0.3 is 4.90 Å². The molecule has 10 heteroatoms. The van der Waals surface area contributed by atoms with Crippen LogP contribution in [0.2, 0.25) is 5.02 Å². The molecule has 7 nitrogen and oxygen atoms in total. The molecule has 0 spiro atoms. The highest BCUT2D eigenvalue weighted by Crippen LogP contribution is 2.25. The van der Waals surface area contributed by atoms with Gasteiger partial charge >= 0.3 is 0 Å². The maximum absolute atomic E-state index is 13.0. The number of halogens is 1. The first-order valence-corrected chi connectivity index (χ1v) is 14.9. The number of hydrogen-bond acceptors (Lipinski definition) is 6. The van der Waals surface area contributed by atoms with E-state index >= 15 is 0 Å². The Morgan fingerprint density at radius 1 is 0.889 bits per heavy atom. The van der Waals surface area contributed by atoms with Crippen molar-refractivity contribution in [2.75, 3.05) is 39.3 Å². The van der Waals surface area contributed by atoms with E-state index in [0.29, 0.717) is 36.8 Å². The molecular weight excluding hydrogens is 516 g/mol. The van der Waals surface area contributed by atoms with E-state index in [4.69, 9.17) is 16.6 Å². The summed E-state index contributed by atoms with van der Waals surface area (Å²) in [6, 6.07) is 14.1. The summed E-state index contributed by atoms with van der Waals surface area (Å²) in [6.45, 7) is 4.67. The van der Waals surface area contributed by atoms with E-state index in [1.54, 1.807) is 39.9 Å². The lowest BCUT2D eigenvalue weighted by atomic mass is 10.2. The average Bonchev–Trinajstić information content (AvgIpc) is 3.38. The number of benzene rings is 2. The molecule has 3 aromatic rings. The van der Waals surface area contributed by atoms with Crippen molar-refractivity contribution >= 4 is 38.9 Å². The molecule has 0 atom stereocenters. The summed E-state index contributed by atoms with van der Waals surface area (Å²) in [5.74, 6) is -0.0594. The van der Waals surface area contributed by atoms with E-state index in [-0.39, 0.29) is 10.8 Å². The number of amides is 1. The van der Waals surface area contributed by atoms with Crippen molar-refractivity contribution < 1.29 is 13.2 Å². The quantitative estimate of drug-likeness (QED) is 0.453. The number of thiazole rings is 1. The molecule has 1 aromatic heterocycles. The van der Waals surface area contributed by atoms with E-state index in [9.17, 15) is 13.2 Å². The normalized spacial score (nSPS) is 17.9. The van der Waals surface area contributed by atoms with Crippen molar-refractivity contribution in [2.45, 2.75) is 30.7 Å². The summed E-state index contributed by atoms with van der Waals surface area (Å²) in [4.78, 5) is 22.2. The second-order valence-electron chi connectivity index (χ2n) is 9.19. The number of piperazine rings is 1. The molecule has 0 bridgehead atoms. The van der Waals surface area contributed by atoms with Gasteiger partial charge in [-0.15, -0.1) is 11.3 Å². The molecule has 36 heavy (non-hydrogen) atoms. The van der Waals surface area contributed by atoms with Crippen LogP contribution < -0.4 is 0 Å². The third-order valence-corrected chi connectivity index (χ3v) is 9.76. The van der Waals surface area contributed by atoms with E-state index in [1.807, 2.05) is 29.2 Å². The molecule has 0 unspecified atom stereocenters. The number of sulfonamides is 1. The number of carbonyl (C=O) groups is 1. The molecule has 2 aliphatic rings. The van der Waals surface area contributed by atoms with E-state index in [0.717, 1.165) is 55.2 Å². The van der Waals surface area contributed by atoms with Crippen molar-refractivity contribution in [3.05, 3.63) is 69.5 Å². The van der Waals surface area contributed by atoms with E-state index < -0.39 is 10.0 Å². The topological polar surface area (TPSA) is 73.8 Å². The van der Waals surface area contributed by atoms with Gasteiger partial charge in [0.1, 0.15) is 5.01 Å². The monoisotopic (exact) mass is 544 g/mol. The van der Waals surface area contributed by atoms with Crippen molar-refractivity contribution in [3.8, 4) is 11.3 Å². The lowest BCUT2D eigenvalue weighted by molar-refractivity contribution is 0.0628. The first kappa shape index (κ1) is 25.4. The molecule has 3 heterocycles. The maximum atomic E-state index is 13.0. The second kappa shape index (κ2) is 11.0. The minimum atomic E-state index is -3.49. The van der Waals surface area contributed by atoms with Gasteiger partial charge in [-0.3, -0.25) is 9.69 Å². The molecule has 2 aromatic carbocycles. The van der Waals surface area contributed by atoms with Crippen LogP contribution in [0.3, 0.4) is 0 Å². The molecule has 0 aliphatic carbocycles. The van der Waals surface area contributed by atoms with Crippen LogP contribution in [0.15, 0.2) is 58.8 Å². The van der Waals surface area contributed by atoms with Crippen LogP contribution in [0.1, 0.15) is 34.6 Å². The molecular formula is C26H29ClN4O3S2. The van der Waals surface area contributed by atoms with Crippen molar-refractivity contribution in [1.82, 2.24) is 19.1 Å². The number of carbonyl (C=O) groups excluding carboxylic acids is 1. The zero-order chi connectivity index (χ0) is 25.1. The zero-order valence-electron chi connectivity index (χ0n) is 20.0. The molecule has 1 amide bonds. The van der Waals surface area contributed by atoms with Gasteiger partial charge in [-0.2, -0.15) is 4.31 Å². The molecule has 190 valence electrons. The Morgan fingerprint density at radius 3 is 2.22 bits per heavy atom. The number of hydrogen-bond donors (Lipinski definition) is 0. The predicted octanol–water partition coefficient (Wildman–Crippen LogP) is 4.60. The van der Waals surface area contributed by atoms with Gasteiger partial charge in [0.25, 0.3) is 5.91 Å². The first-order valence-electron chi connectivity index (χ1n) is 12.2. The molecule has 2 saturated heterocycles. The number of nitrogens with zero attached hydrogens (tertiary/aromatic N) is 4. The average molecular weight is 545 g/mol. The molecule has 2 fully saturated rings. The second-order valence-corrected chi connectivity index (χ2v) is 12.5. The first-order chi connectivity index (χ1) is 17.4. The minimum absolute atomic E-state index is 0.0594.